The second-order valence-corrected chi connectivity index (χ2v) is 5.93. The predicted molar refractivity (Wildman–Crippen MR) is 66.9 cm³/mol. The molecule has 4 nitrogen and oxygen atoms in total. The van der Waals surface area contributed by atoms with Crippen molar-refractivity contribution in [1.29, 1.82) is 0 Å². The number of hydrogen-bond acceptors (Lipinski definition) is 4. The van der Waals surface area contributed by atoms with Crippen molar-refractivity contribution < 1.29 is 9.59 Å². The van der Waals surface area contributed by atoms with Crippen molar-refractivity contribution in [3.05, 3.63) is 22.4 Å². The molecule has 0 aliphatic carbocycles. The molecule has 2 heterocycles. The summed E-state index contributed by atoms with van der Waals surface area (Å²) in [5.74, 6) is -0.411. The number of carbonyl (C=O) groups is 2. The maximum absolute atomic E-state index is 11.3. The second-order valence-electron chi connectivity index (χ2n) is 4.98. The Morgan fingerprint density at radius 1 is 1.35 bits per heavy atom. The molecule has 2 amide bonds. The molecule has 1 aliphatic rings. The van der Waals surface area contributed by atoms with Gasteiger partial charge in [-0.2, -0.15) is 0 Å². The summed E-state index contributed by atoms with van der Waals surface area (Å²) in [5, 5.41) is 4.36. The van der Waals surface area contributed by atoms with E-state index in [0.29, 0.717) is 19.6 Å². The Morgan fingerprint density at radius 3 is 2.53 bits per heavy atom. The van der Waals surface area contributed by atoms with E-state index < -0.39 is 0 Å². The number of amides is 2. The molecule has 0 bridgehead atoms. The molecule has 0 saturated carbocycles. The molecule has 1 saturated heterocycles. The number of thiophene rings is 1. The minimum Gasteiger partial charge on any atom is -0.294 e. The fourth-order valence-corrected chi connectivity index (χ4v) is 2.95. The van der Waals surface area contributed by atoms with Crippen LogP contribution >= 0.6 is 11.3 Å². The van der Waals surface area contributed by atoms with Crippen LogP contribution in [-0.4, -0.2) is 36.3 Å². The van der Waals surface area contributed by atoms with E-state index in [-0.39, 0.29) is 17.2 Å². The Bertz CT molecular complexity index is 410. The summed E-state index contributed by atoms with van der Waals surface area (Å²) in [6, 6.07) is 4.12. The monoisotopic (exact) mass is 252 g/mol. The van der Waals surface area contributed by atoms with Crippen LogP contribution in [0.2, 0.25) is 0 Å². The smallest absolute Gasteiger partial charge is 0.240 e. The van der Waals surface area contributed by atoms with Gasteiger partial charge in [-0.15, -0.1) is 11.3 Å². The Labute approximate surface area is 105 Å². The molecular formula is C12H16N2O2S. The van der Waals surface area contributed by atoms with Crippen LogP contribution < -0.4 is 5.32 Å². The average molecular weight is 252 g/mol. The summed E-state index contributed by atoms with van der Waals surface area (Å²) < 4.78 is 0. The van der Waals surface area contributed by atoms with Gasteiger partial charge in [0, 0.05) is 16.8 Å². The first-order valence-electron chi connectivity index (χ1n) is 5.56. The van der Waals surface area contributed by atoms with E-state index in [0.717, 1.165) is 0 Å². The van der Waals surface area contributed by atoms with E-state index in [2.05, 4.69) is 25.2 Å². The van der Waals surface area contributed by atoms with Gasteiger partial charge in [0.05, 0.1) is 13.1 Å². The molecule has 0 spiro atoms. The second kappa shape index (κ2) is 4.58. The average Bonchev–Trinajstić information content (AvgIpc) is 2.67. The van der Waals surface area contributed by atoms with Crippen molar-refractivity contribution in [3.63, 3.8) is 0 Å². The lowest BCUT2D eigenvalue weighted by Crippen LogP contribution is -2.53. The van der Waals surface area contributed by atoms with Crippen LogP contribution in [0.1, 0.15) is 18.7 Å². The van der Waals surface area contributed by atoms with Crippen LogP contribution in [0.15, 0.2) is 17.5 Å². The third kappa shape index (κ3) is 2.92. The Kier molecular flexibility index (Phi) is 3.31. The zero-order valence-corrected chi connectivity index (χ0v) is 10.8. The topological polar surface area (TPSA) is 49.4 Å². The first-order chi connectivity index (χ1) is 7.97. The maximum Gasteiger partial charge on any atom is 0.240 e. The molecule has 0 radical (unpaired) electrons. The summed E-state index contributed by atoms with van der Waals surface area (Å²) in [6.07, 6.45) is 0. The Morgan fingerprint density at radius 2 is 2.00 bits per heavy atom. The summed E-state index contributed by atoms with van der Waals surface area (Å²) >= 11 is 1.71. The van der Waals surface area contributed by atoms with Crippen LogP contribution in [0.5, 0.6) is 0 Å². The first-order valence-corrected chi connectivity index (χ1v) is 6.44. The molecule has 1 aromatic rings. The van der Waals surface area contributed by atoms with Gasteiger partial charge in [-0.1, -0.05) is 19.9 Å². The molecule has 0 atom stereocenters. The summed E-state index contributed by atoms with van der Waals surface area (Å²) in [4.78, 5) is 25.7. The molecule has 2 rings (SSSR count). The number of rotatable bonds is 3. The lowest BCUT2D eigenvalue weighted by molar-refractivity contribution is -0.136. The van der Waals surface area contributed by atoms with Gasteiger partial charge >= 0.3 is 0 Å². The minimum absolute atomic E-state index is 0.0356. The highest BCUT2D eigenvalue weighted by Crippen LogP contribution is 2.28. The van der Waals surface area contributed by atoms with E-state index in [4.69, 9.17) is 0 Å². The molecule has 92 valence electrons. The minimum atomic E-state index is -0.205. The zero-order valence-electron chi connectivity index (χ0n) is 10.0. The molecule has 1 aromatic heterocycles. The van der Waals surface area contributed by atoms with E-state index in [1.165, 1.54) is 4.88 Å². The molecule has 17 heavy (non-hydrogen) atoms. The lowest BCUT2D eigenvalue weighted by atomic mass is 9.90. The van der Waals surface area contributed by atoms with E-state index in [1.807, 2.05) is 16.3 Å². The molecular weight excluding hydrogens is 236 g/mol. The molecule has 0 unspecified atom stereocenters. The number of imide groups is 1. The number of carbonyl (C=O) groups excluding carboxylic acids is 2. The number of hydrogen-bond donors (Lipinski definition) is 1. The molecule has 5 heteroatoms. The largest absolute Gasteiger partial charge is 0.294 e. The molecule has 1 N–H and O–H groups in total. The van der Waals surface area contributed by atoms with Gasteiger partial charge < -0.3 is 0 Å². The molecule has 0 aromatic carbocycles. The van der Waals surface area contributed by atoms with Crippen LogP contribution in [-0.2, 0) is 15.0 Å². The van der Waals surface area contributed by atoms with Gasteiger partial charge in [-0.05, 0) is 11.4 Å². The van der Waals surface area contributed by atoms with E-state index in [1.54, 1.807) is 11.3 Å². The third-order valence-corrected chi connectivity index (χ3v) is 4.06. The third-order valence-electron chi connectivity index (χ3n) is 2.82. The SMILES string of the molecule is CC(C)(CN1CC(=O)NC(=O)C1)c1cccs1. The van der Waals surface area contributed by atoms with Crippen LogP contribution in [0.4, 0.5) is 0 Å². The highest BCUT2D eigenvalue weighted by atomic mass is 32.1. The standard InChI is InChI=1S/C12H16N2O2S/c1-12(2,9-4-3-5-17-9)8-14-6-10(15)13-11(16)7-14/h3-5H,6-8H2,1-2H3,(H,13,15,16). The van der Waals surface area contributed by atoms with Crippen molar-refractivity contribution in [2.75, 3.05) is 19.6 Å². The van der Waals surface area contributed by atoms with Gasteiger partial charge in [-0.3, -0.25) is 19.8 Å². The maximum atomic E-state index is 11.3. The van der Waals surface area contributed by atoms with Crippen molar-refractivity contribution in [1.82, 2.24) is 10.2 Å². The van der Waals surface area contributed by atoms with Crippen molar-refractivity contribution in [3.8, 4) is 0 Å². The Hall–Kier alpha value is -1.20. The summed E-state index contributed by atoms with van der Waals surface area (Å²) in [6.45, 7) is 5.60. The van der Waals surface area contributed by atoms with Crippen LogP contribution in [0.3, 0.4) is 0 Å². The number of nitrogens with one attached hydrogen (secondary N) is 1. The van der Waals surface area contributed by atoms with Crippen molar-refractivity contribution >= 4 is 23.2 Å². The van der Waals surface area contributed by atoms with Crippen LogP contribution in [0.25, 0.3) is 0 Å². The predicted octanol–water partition coefficient (Wildman–Crippen LogP) is 0.984. The van der Waals surface area contributed by atoms with Crippen molar-refractivity contribution in [2.24, 2.45) is 0 Å². The molecule has 1 aliphatic heterocycles. The molecule has 1 fully saturated rings. The quantitative estimate of drug-likeness (QED) is 0.816. The van der Waals surface area contributed by atoms with Gasteiger partial charge in [-0.25, -0.2) is 0 Å². The zero-order chi connectivity index (χ0) is 12.5. The normalized spacial score (nSPS) is 18.2. The van der Waals surface area contributed by atoms with Gasteiger partial charge in [0.1, 0.15) is 0 Å². The van der Waals surface area contributed by atoms with Gasteiger partial charge in [0.15, 0.2) is 0 Å². The summed E-state index contributed by atoms with van der Waals surface area (Å²) in [7, 11) is 0. The first kappa shape index (κ1) is 12.3. The Balaban J connectivity index is 2.05. The van der Waals surface area contributed by atoms with E-state index >= 15 is 0 Å². The number of nitrogens with zero attached hydrogens (tertiary/aromatic N) is 1. The summed E-state index contributed by atoms with van der Waals surface area (Å²) in [5.41, 5.74) is -0.0356. The fourth-order valence-electron chi connectivity index (χ4n) is 2.11. The van der Waals surface area contributed by atoms with Crippen LogP contribution in [0, 0.1) is 0 Å². The highest BCUT2D eigenvalue weighted by molar-refractivity contribution is 7.10. The lowest BCUT2D eigenvalue weighted by Gasteiger charge is -2.33. The number of piperazine rings is 1. The fraction of sp³-hybridized carbons (Fsp3) is 0.500. The van der Waals surface area contributed by atoms with Crippen molar-refractivity contribution in [2.45, 2.75) is 19.3 Å². The highest BCUT2D eigenvalue weighted by Gasteiger charge is 2.29. The van der Waals surface area contributed by atoms with Gasteiger partial charge in [0.25, 0.3) is 0 Å². The van der Waals surface area contributed by atoms with E-state index in [9.17, 15) is 9.59 Å². The van der Waals surface area contributed by atoms with Gasteiger partial charge in [0.2, 0.25) is 11.8 Å².